The summed E-state index contributed by atoms with van der Waals surface area (Å²) in [6.07, 6.45) is 1.50. The highest BCUT2D eigenvalue weighted by molar-refractivity contribution is 5.63. The molecule has 0 aliphatic carbocycles. The Bertz CT molecular complexity index is 777. The zero-order chi connectivity index (χ0) is 14.5. The van der Waals surface area contributed by atoms with Gasteiger partial charge in [-0.05, 0) is 29.3 Å². The molecule has 21 heavy (non-hydrogen) atoms. The molecule has 1 aromatic heterocycles. The monoisotopic (exact) mass is 273 g/mol. The molecule has 0 saturated carbocycles. The lowest BCUT2D eigenvalue weighted by molar-refractivity contribution is 0.441. The van der Waals surface area contributed by atoms with Crippen LogP contribution in [0, 0.1) is 11.3 Å². The number of nitriles is 1. The number of nitrogens with zero attached hydrogens (tertiary/aromatic N) is 3. The molecule has 3 rings (SSSR count). The number of hydrogen-bond acceptors (Lipinski definition) is 4. The van der Waals surface area contributed by atoms with E-state index in [2.05, 4.69) is 22.1 Å². The van der Waals surface area contributed by atoms with Crippen LogP contribution in [0.25, 0.3) is 11.1 Å². The molecule has 0 saturated heterocycles. The summed E-state index contributed by atoms with van der Waals surface area (Å²) >= 11 is 0. The van der Waals surface area contributed by atoms with Crippen molar-refractivity contribution in [1.82, 2.24) is 9.97 Å². The van der Waals surface area contributed by atoms with Crippen molar-refractivity contribution in [3.63, 3.8) is 0 Å². The van der Waals surface area contributed by atoms with E-state index < -0.39 is 0 Å². The van der Waals surface area contributed by atoms with Crippen LogP contribution in [-0.2, 0) is 0 Å². The molecular formula is C17H11N3O. The lowest BCUT2D eigenvalue weighted by Gasteiger charge is -2.05. The molecule has 0 unspecified atom stereocenters. The summed E-state index contributed by atoms with van der Waals surface area (Å²) in [5.41, 5.74) is 2.53. The van der Waals surface area contributed by atoms with E-state index in [4.69, 9.17) is 10.00 Å². The molecule has 1 heterocycles. The van der Waals surface area contributed by atoms with Gasteiger partial charge in [0.1, 0.15) is 17.5 Å². The molecule has 0 aliphatic heterocycles. The fraction of sp³-hybridized carbons (Fsp3) is 0. The van der Waals surface area contributed by atoms with Gasteiger partial charge in [0.25, 0.3) is 0 Å². The van der Waals surface area contributed by atoms with Crippen LogP contribution >= 0.6 is 0 Å². The number of hydrogen-bond donors (Lipinski definition) is 0. The molecule has 3 aromatic rings. The van der Waals surface area contributed by atoms with Crippen molar-refractivity contribution >= 4 is 0 Å². The van der Waals surface area contributed by atoms with E-state index >= 15 is 0 Å². The zero-order valence-electron chi connectivity index (χ0n) is 11.1. The normalized spacial score (nSPS) is 9.86. The Hall–Kier alpha value is -3.19. The van der Waals surface area contributed by atoms with Gasteiger partial charge in [0.05, 0.1) is 0 Å². The second kappa shape index (κ2) is 5.85. The summed E-state index contributed by atoms with van der Waals surface area (Å²) in [6.45, 7) is 0. The lowest BCUT2D eigenvalue weighted by atomic mass is 10.1. The van der Waals surface area contributed by atoms with Gasteiger partial charge in [-0.3, -0.25) is 0 Å². The average Bonchev–Trinajstić information content (AvgIpc) is 2.56. The smallest absolute Gasteiger partial charge is 0.323 e. The maximum atomic E-state index is 8.79. The van der Waals surface area contributed by atoms with E-state index in [1.165, 1.54) is 12.3 Å². The van der Waals surface area contributed by atoms with Gasteiger partial charge < -0.3 is 4.74 Å². The van der Waals surface area contributed by atoms with E-state index in [0.717, 1.165) is 11.1 Å². The van der Waals surface area contributed by atoms with Crippen LogP contribution in [0.15, 0.2) is 66.9 Å². The molecule has 0 atom stereocenters. The molecule has 0 radical (unpaired) electrons. The maximum absolute atomic E-state index is 8.79. The molecule has 2 aromatic carbocycles. The second-order valence-electron chi connectivity index (χ2n) is 4.33. The number of aromatic nitrogens is 2. The van der Waals surface area contributed by atoms with Gasteiger partial charge in [0.15, 0.2) is 0 Å². The predicted octanol–water partition coefficient (Wildman–Crippen LogP) is 3.81. The fourth-order valence-corrected chi connectivity index (χ4v) is 1.90. The summed E-state index contributed by atoms with van der Waals surface area (Å²) in [5.74, 6) is 0.629. The largest absolute Gasteiger partial charge is 0.424 e. The standard InChI is InChI=1S/C17H11N3O/c18-12-15-10-11-19-17(20-15)21-16-8-6-14(7-9-16)13-4-2-1-3-5-13/h1-11H. The van der Waals surface area contributed by atoms with Crippen molar-refractivity contribution in [3.05, 3.63) is 72.6 Å². The molecule has 4 heteroatoms. The Morgan fingerprint density at radius 1 is 0.857 bits per heavy atom. The Balaban J connectivity index is 1.80. The van der Waals surface area contributed by atoms with E-state index in [9.17, 15) is 0 Å². The maximum Gasteiger partial charge on any atom is 0.323 e. The van der Waals surface area contributed by atoms with Crippen molar-refractivity contribution in [3.8, 4) is 29.0 Å². The third-order valence-corrected chi connectivity index (χ3v) is 2.92. The minimum atomic E-state index is 0.168. The van der Waals surface area contributed by atoms with Crippen molar-refractivity contribution in [2.24, 2.45) is 0 Å². The van der Waals surface area contributed by atoms with Gasteiger partial charge in [-0.2, -0.15) is 10.2 Å². The van der Waals surface area contributed by atoms with Crippen LogP contribution in [0.4, 0.5) is 0 Å². The number of ether oxygens (including phenoxy) is 1. The highest BCUT2D eigenvalue weighted by atomic mass is 16.5. The molecule has 0 fully saturated rings. The Labute approximate surface area is 122 Å². The highest BCUT2D eigenvalue weighted by Gasteiger charge is 2.03. The second-order valence-corrected chi connectivity index (χ2v) is 4.33. The van der Waals surface area contributed by atoms with E-state index in [0.29, 0.717) is 5.75 Å². The summed E-state index contributed by atoms with van der Waals surface area (Å²) in [5, 5.41) is 8.79. The lowest BCUT2D eigenvalue weighted by Crippen LogP contribution is -1.93. The van der Waals surface area contributed by atoms with Gasteiger partial charge in [-0.15, -0.1) is 0 Å². The van der Waals surface area contributed by atoms with Crippen LogP contribution in [-0.4, -0.2) is 9.97 Å². The molecule has 0 amide bonds. The highest BCUT2D eigenvalue weighted by Crippen LogP contribution is 2.24. The molecule has 0 spiro atoms. The molecular weight excluding hydrogens is 262 g/mol. The van der Waals surface area contributed by atoms with Gasteiger partial charge in [0, 0.05) is 6.20 Å². The van der Waals surface area contributed by atoms with Gasteiger partial charge in [0.2, 0.25) is 0 Å². The quantitative estimate of drug-likeness (QED) is 0.728. The Morgan fingerprint density at radius 3 is 2.29 bits per heavy atom. The Kier molecular flexibility index (Phi) is 3.57. The third kappa shape index (κ3) is 3.04. The van der Waals surface area contributed by atoms with E-state index in [1.807, 2.05) is 48.5 Å². The first-order chi connectivity index (χ1) is 10.3. The average molecular weight is 273 g/mol. The molecule has 0 aliphatic rings. The van der Waals surface area contributed by atoms with Crippen molar-refractivity contribution in [2.75, 3.05) is 0 Å². The Morgan fingerprint density at radius 2 is 1.57 bits per heavy atom. The van der Waals surface area contributed by atoms with Crippen LogP contribution < -0.4 is 4.74 Å². The first-order valence-corrected chi connectivity index (χ1v) is 6.41. The van der Waals surface area contributed by atoms with E-state index in [1.54, 1.807) is 0 Å². The van der Waals surface area contributed by atoms with Gasteiger partial charge >= 0.3 is 6.01 Å². The topological polar surface area (TPSA) is 58.8 Å². The number of rotatable bonds is 3. The minimum absolute atomic E-state index is 0.168. The molecule has 4 nitrogen and oxygen atoms in total. The number of benzene rings is 2. The molecule has 0 N–H and O–H groups in total. The summed E-state index contributed by atoms with van der Waals surface area (Å²) in [7, 11) is 0. The van der Waals surface area contributed by atoms with Crippen LogP contribution in [0.2, 0.25) is 0 Å². The summed E-state index contributed by atoms with van der Waals surface area (Å²) < 4.78 is 5.54. The van der Waals surface area contributed by atoms with Crippen LogP contribution in [0.3, 0.4) is 0 Å². The van der Waals surface area contributed by atoms with Crippen molar-refractivity contribution in [2.45, 2.75) is 0 Å². The van der Waals surface area contributed by atoms with Gasteiger partial charge in [-0.1, -0.05) is 42.5 Å². The fourth-order valence-electron chi connectivity index (χ4n) is 1.90. The third-order valence-electron chi connectivity index (χ3n) is 2.92. The predicted molar refractivity (Wildman–Crippen MR) is 78.7 cm³/mol. The molecule has 0 bridgehead atoms. The first kappa shape index (κ1) is 12.8. The van der Waals surface area contributed by atoms with E-state index in [-0.39, 0.29) is 11.7 Å². The summed E-state index contributed by atoms with van der Waals surface area (Å²) in [4.78, 5) is 7.95. The SMILES string of the molecule is N#Cc1ccnc(Oc2ccc(-c3ccccc3)cc2)n1. The van der Waals surface area contributed by atoms with Gasteiger partial charge in [-0.25, -0.2) is 4.98 Å². The first-order valence-electron chi connectivity index (χ1n) is 6.41. The molecule has 100 valence electrons. The van der Waals surface area contributed by atoms with Crippen molar-refractivity contribution in [1.29, 1.82) is 5.26 Å². The van der Waals surface area contributed by atoms with Crippen LogP contribution in [0.5, 0.6) is 11.8 Å². The minimum Gasteiger partial charge on any atom is -0.424 e. The zero-order valence-corrected chi connectivity index (χ0v) is 11.1. The summed E-state index contributed by atoms with van der Waals surface area (Å²) in [6, 6.07) is 21.4. The van der Waals surface area contributed by atoms with Crippen LogP contribution in [0.1, 0.15) is 5.69 Å². The van der Waals surface area contributed by atoms with Crippen molar-refractivity contribution < 1.29 is 4.74 Å².